The second kappa shape index (κ2) is 9.04. The molecule has 1 amide bonds. The summed E-state index contributed by atoms with van der Waals surface area (Å²) in [4.78, 5) is 11.9. The molecule has 0 spiro atoms. The van der Waals surface area contributed by atoms with Crippen molar-refractivity contribution in [1.82, 2.24) is 25.2 Å². The van der Waals surface area contributed by atoms with Crippen molar-refractivity contribution in [2.45, 2.75) is 32.5 Å². The molecule has 4 aromatic rings. The summed E-state index contributed by atoms with van der Waals surface area (Å²) in [6.07, 6.45) is -1.33. The largest absolute Gasteiger partial charge is 0.415 e. The number of carbonyl (C=O) groups is 1. The van der Waals surface area contributed by atoms with E-state index in [0.717, 1.165) is 19.9 Å². The molecule has 0 fully saturated rings. The lowest BCUT2D eigenvalue weighted by atomic mass is 10.1. The van der Waals surface area contributed by atoms with Crippen LogP contribution in [0.2, 0.25) is 0 Å². The molecule has 4 rings (SSSR count). The normalized spacial score (nSPS) is 11.7. The molecule has 0 saturated carbocycles. The lowest BCUT2D eigenvalue weighted by Crippen LogP contribution is -2.32. The fourth-order valence-corrected chi connectivity index (χ4v) is 2.97. The van der Waals surface area contributed by atoms with Crippen LogP contribution in [-0.4, -0.2) is 36.8 Å². The summed E-state index contributed by atoms with van der Waals surface area (Å²) < 4.78 is 59.9. The van der Waals surface area contributed by atoms with E-state index in [9.17, 15) is 22.4 Å². The predicted molar refractivity (Wildman–Crippen MR) is 113 cm³/mol. The standard InChI is InChI=1S/C22H18F4N6O2/c1-22(2,26)21(33)27-15-5-3-4-12(8-15)17-11-32(31-28-17)10-14-7-6-13(9-16(14)23)19-29-30-20(34-19)18(24)25/h3-9,11,18H,10H2,1-2H3,(H,27,33). The van der Waals surface area contributed by atoms with Crippen molar-refractivity contribution in [3.63, 3.8) is 0 Å². The number of nitrogens with one attached hydrogen (secondary N) is 1. The van der Waals surface area contributed by atoms with Crippen LogP contribution in [0.1, 0.15) is 31.7 Å². The molecule has 0 aliphatic carbocycles. The van der Waals surface area contributed by atoms with Crippen molar-refractivity contribution in [2.75, 3.05) is 5.32 Å². The monoisotopic (exact) mass is 474 g/mol. The van der Waals surface area contributed by atoms with Crippen LogP contribution in [0.15, 0.2) is 53.1 Å². The number of amides is 1. The van der Waals surface area contributed by atoms with Gasteiger partial charge in [-0.3, -0.25) is 4.79 Å². The summed E-state index contributed by atoms with van der Waals surface area (Å²) in [5, 5.41) is 17.3. The summed E-state index contributed by atoms with van der Waals surface area (Å²) >= 11 is 0. The van der Waals surface area contributed by atoms with Gasteiger partial charge in [0, 0.05) is 22.4 Å². The Balaban J connectivity index is 1.49. The zero-order valence-corrected chi connectivity index (χ0v) is 18.0. The van der Waals surface area contributed by atoms with Crippen molar-refractivity contribution in [3.05, 3.63) is 65.9 Å². The maximum atomic E-state index is 14.6. The van der Waals surface area contributed by atoms with Gasteiger partial charge in [-0.2, -0.15) is 8.78 Å². The SMILES string of the molecule is CC(C)(F)C(=O)Nc1cccc(-c2cn(Cc3ccc(-c4nnc(C(F)F)o4)cc3F)nn2)c1. The number of nitrogens with zero attached hydrogens (tertiary/aromatic N) is 5. The van der Waals surface area contributed by atoms with Gasteiger partial charge in [0.25, 0.3) is 11.8 Å². The number of alkyl halides is 3. The van der Waals surface area contributed by atoms with E-state index < -0.39 is 29.7 Å². The highest BCUT2D eigenvalue weighted by molar-refractivity contribution is 5.97. The van der Waals surface area contributed by atoms with Gasteiger partial charge in [0.15, 0.2) is 5.67 Å². The Kier molecular flexibility index (Phi) is 6.14. The minimum atomic E-state index is -2.92. The third-order valence-electron chi connectivity index (χ3n) is 4.75. The number of benzene rings is 2. The fraction of sp³-hybridized carbons (Fsp3) is 0.227. The Morgan fingerprint density at radius 1 is 1.12 bits per heavy atom. The molecule has 176 valence electrons. The van der Waals surface area contributed by atoms with Crippen molar-refractivity contribution in [1.29, 1.82) is 0 Å². The van der Waals surface area contributed by atoms with E-state index in [-0.39, 0.29) is 23.6 Å². The molecular weight excluding hydrogens is 456 g/mol. The van der Waals surface area contributed by atoms with Crippen LogP contribution in [0.4, 0.5) is 23.2 Å². The highest BCUT2D eigenvalue weighted by Gasteiger charge is 2.26. The van der Waals surface area contributed by atoms with Gasteiger partial charge in [0.05, 0.1) is 12.7 Å². The predicted octanol–water partition coefficient (Wildman–Crippen LogP) is 4.81. The molecule has 2 aromatic heterocycles. The molecule has 8 nitrogen and oxygen atoms in total. The molecule has 0 saturated heterocycles. The van der Waals surface area contributed by atoms with Crippen LogP contribution in [0.3, 0.4) is 0 Å². The minimum absolute atomic E-state index is 0.0394. The van der Waals surface area contributed by atoms with Gasteiger partial charge in [-0.05, 0) is 38.1 Å². The van der Waals surface area contributed by atoms with Gasteiger partial charge >= 0.3 is 6.43 Å². The van der Waals surface area contributed by atoms with Gasteiger partial charge in [-0.1, -0.05) is 23.4 Å². The van der Waals surface area contributed by atoms with Gasteiger partial charge < -0.3 is 9.73 Å². The topological polar surface area (TPSA) is 98.7 Å². The lowest BCUT2D eigenvalue weighted by Gasteiger charge is -2.14. The average molecular weight is 474 g/mol. The lowest BCUT2D eigenvalue weighted by molar-refractivity contribution is -0.125. The second-order valence-electron chi connectivity index (χ2n) is 7.86. The van der Waals surface area contributed by atoms with Gasteiger partial charge in [0.2, 0.25) is 5.89 Å². The molecule has 1 N–H and O–H groups in total. The summed E-state index contributed by atoms with van der Waals surface area (Å²) in [6.45, 7) is 2.36. The molecule has 2 aromatic carbocycles. The summed E-state index contributed by atoms with van der Waals surface area (Å²) in [6, 6.07) is 10.7. The van der Waals surface area contributed by atoms with Crippen LogP contribution in [0, 0.1) is 5.82 Å². The Morgan fingerprint density at radius 2 is 1.91 bits per heavy atom. The van der Waals surface area contributed by atoms with Gasteiger partial charge in [-0.25, -0.2) is 13.5 Å². The number of rotatable bonds is 7. The third kappa shape index (κ3) is 5.11. The Bertz CT molecular complexity index is 1330. The van der Waals surface area contributed by atoms with E-state index in [2.05, 4.69) is 25.8 Å². The number of hydrogen-bond donors (Lipinski definition) is 1. The smallest absolute Gasteiger partial charge is 0.314 e. The summed E-state index contributed by atoms with van der Waals surface area (Å²) in [5.74, 6) is -2.46. The number of aromatic nitrogens is 5. The van der Waals surface area contributed by atoms with E-state index in [0.29, 0.717) is 16.9 Å². The van der Waals surface area contributed by atoms with Crippen molar-refractivity contribution in [2.24, 2.45) is 0 Å². The second-order valence-corrected chi connectivity index (χ2v) is 7.86. The van der Waals surface area contributed by atoms with Crippen LogP contribution in [0.5, 0.6) is 0 Å². The third-order valence-corrected chi connectivity index (χ3v) is 4.75. The molecule has 0 aliphatic rings. The number of halogens is 4. The van der Waals surface area contributed by atoms with E-state index in [1.54, 1.807) is 30.5 Å². The highest BCUT2D eigenvalue weighted by atomic mass is 19.3. The van der Waals surface area contributed by atoms with Crippen LogP contribution in [-0.2, 0) is 11.3 Å². The van der Waals surface area contributed by atoms with E-state index in [1.165, 1.54) is 16.8 Å². The summed E-state index contributed by atoms with van der Waals surface area (Å²) in [5.41, 5.74) is -0.149. The van der Waals surface area contributed by atoms with Crippen LogP contribution in [0.25, 0.3) is 22.7 Å². The number of hydrogen-bond acceptors (Lipinski definition) is 6. The van der Waals surface area contributed by atoms with E-state index in [4.69, 9.17) is 4.42 Å². The first-order valence-corrected chi connectivity index (χ1v) is 10.0. The number of carbonyl (C=O) groups excluding carboxylic acids is 1. The Hall–Kier alpha value is -4.09. The molecular formula is C22H18F4N6O2. The van der Waals surface area contributed by atoms with E-state index in [1.807, 2.05) is 0 Å². The maximum Gasteiger partial charge on any atom is 0.314 e. The Morgan fingerprint density at radius 3 is 2.59 bits per heavy atom. The fourth-order valence-electron chi connectivity index (χ4n) is 2.97. The van der Waals surface area contributed by atoms with E-state index >= 15 is 0 Å². The highest BCUT2D eigenvalue weighted by Crippen LogP contribution is 2.26. The van der Waals surface area contributed by atoms with Crippen molar-refractivity contribution >= 4 is 11.6 Å². The summed E-state index contributed by atoms with van der Waals surface area (Å²) in [7, 11) is 0. The van der Waals surface area contributed by atoms with Crippen LogP contribution < -0.4 is 5.32 Å². The molecule has 2 heterocycles. The number of anilines is 1. The van der Waals surface area contributed by atoms with Gasteiger partial charge in [0.1, 0.15) is 11.5 Å². The molecule has 0 bridgehead atoms. The average Bonchev–Trinajstić information content (AvgIpc) is 3.45. The molecule has 0 radical (unpaired) electrons. The molecule has 12 heteroatoms. The maximum absolute atomic E-state index is 14.6. The molecule has 34 heavy (non-hydrogen) atoms. The zero-order valence-electron chi connectivity index (χ0n) is 18.0. The zero-order chi connectivity index (χ0) is 24.5. The molecule has 0 atom stereocenters. The molecule has 0 unspecified atom stereocenters. The first kappa shape index (κ1) is 23.1. The first-order valence-electron chi connectivity index (χ1n) is 10.0. The Labute approximate surface area is 190 Å². The quantitative estimate of drug-likeness (QED) is 0.386. The molecule has 0 aliphatic heterocycles. The van der Waals surface area contributed by atoms with Crippen molar-refractivity contribution < 1.29 is 26.8 Å². The van der Waals surface area contributed by atoms with Crippen molar-refractivity contribution in [3.8, 4) is 22.7 Å². The van der Waals surface area contributed by atoms with Gasteiger partial charge in [-0.15, -0.1) is 15.3 Å². The minimum Gasteiger partial charge on any atom is -0.415 e. The van der Waals surface area contributed by atoms with Crippen LogP contribution >= 0.6 is 0 Å². The first-order chi connectivity index (χ1) is 16.1.